The maximum Gasteiger partial charge on any atom is 0.244 e. The van der Waals surface area contributed by atoms with Gasteiger partial charge < -0.3 is 10.4 Å². The molecule has 3 nitrogen and oxygen atoms in total. The number of nitrogens with one attached hydrogen (secondary N) is 1. The van der Waals surface area contributed by atoms with Crippen molar-refractivity contribution in [3.05, 3.63) is 41.7 Å². The molecule has 104 valence electrons. The first-order chi connectivity index (χ1) is 9.05. The van der Waals surface area contributed by atoms with Crippen LogP contribution in [-0.2, 0) is 4.79 Å². The molecule has 0 aromatic heterocycles. The summed E-state index contributed by atoms with van der Waals surface area (Å²) < 4.78 is 13.0. The summed E-state index contributed by atoms with van der Waals surface area (Å²) in [4.78, 5) is 11.8. The summed E-state index contributed by atoms with van der Waals surface area (Å²) in [5.41, 5.74) is 0.0429. The zero-order chi connectivity index (χ0) is 14.3. The number of hydrogen-bond acceptors (Lipinski definition) is 2. The first-order valence-electron chi connectivity index (χ1n) is 6.42. The number of hydrogen-bond donors (Lipinski definition) is 2. The Morgan fingerprint density at radius 3 is 2.63 bits per heavy atom. The molecule has 0 heterocycles. The van der Waals surface area contributed by atoms with Crippen molar-refractivity contribution < 1.29 is 14.3 Å². The van der Waals surface area contributed by atoms with Crippen LogP contribution >= 0.6 is 0 Å². The largest absolute Gasteiger partial charge is 0.394 e. The van der Waals surface area contributed by atoms with Crippen LogP contribution < -0.4 is 5.32 Å². The van der Waals surface area contributed by atoms with Gasteiger partial charge in [0.1, 0.15) is 5.82 Å². The number of amides is 1. The molecule has 19 heavy (non-hydrogen) atoms. The lowest BCUT2D eigenvalue weighted by Crippen LogP contribution is -2.49. The maximum absolute atomic E-state index is 13.0. The van der Waals surface area contributed by atoms with Crippen molar-refractivity contribution in [3.8, 4) is 0 Å². The van der Waals surface area contributed by atoms with Crippen LogP contribution in [0.15, 0.2) is 30.3 Å². The van der Waals surface area contributed by atoms with Gasteiger partial charge in [-0.25, -0.2) is 4.39 Å². The molecule has 0 aliphatic heterocycles. The molecule has 0 unspecified atom stereocenters. The van der Waals surface area contributed by atoms with Crippen molar-refractivity contribution in [2.45, 2.75) is 32.2 Å². The standard InChI is InChI=1S/C15H20FNO2/c1-3-15(4-2,11-18)17-14(19)9-8-12-6-5-7-13(16)10-12/h5-10,18H,3-4,11H2,1-2H3,(H,17,19). The number of rotatable bonds is 6. The number of aliphatic hydroxyl groups is 1. The SMILES string of the molecule is CCC(CC)(CO)NC(=O)C=Cc1cccc(F)c1. The van der Waals surface area contributed by atoms with Gasteiger partial charge in [0.25, 0.3) is 0 Å². The van der Waals surface area contributed by atoms with Crippen LogP contribution in [0.1, 0.15) is 32.3 Å². The molecule has 0 bridgehead atoms. The van der Waals surface area contributed by atoms with Gasteiger partial charge in [0.05, 0.1) is 12.1 Å². The Kier molecular flexibility index (Phi) is 5.70. The normalized spacial score (nSPS) is 11.8. The maximum atomic E-state index is 13.0. The van der Waals surface area contributed by atoms with Crippen LogP contribution in [-0.4, -0.2) is 23.2 Å². The Bertz CT molecular complexity index is 445. The Hall–Kier alpha value is -1.68. The van der Waals surface area contributed by atoms with Gasteiger partial charge in [-0.3, -0.25) is 4.79 Å². The highest BCUT2D eigenvalue weighted by atomic mass is 19.1. The van der Waals surface area contributed by atoms with Gasteiger partial charge >= 0.3 is 0 Å². The predicted octanol–water partition coefficient (Wildman–Crippen LogP) is 2.51. The highest BCUT2D eigenvalue weighted by Crippen LogP contribution is 2.14. The summed E-state index contributed by atoms with van der Waals surface area (Å²) in [7, 11) is 0. The van der Waals surface area contributed by atoms with Gasteiger partial charge in [-0.2, -0.15) is 0 Å². The van der Waals surface area contributed by atoms with E-state index in [0.29, 0.717) is 18.4 Å². The van der Waals surface area contributed by atoms with E-state index in [9.17, 15) is 14.3 Å². The summed E-state index contributed by atoms with van der Waals surface area (Å²) in [6.45, 7) is 3.73. The summed E-state index contributed by atoms with van der Waals surface area (Å²) in [6.07, 6.45) is 4.20. The van der Waals surface area contributed by atoms with Gasteiger partial charge in [0.2, 0.25) is 5.91 Å². The minimum absolute atomic E-state index is 0.0977. The Morgan fingerprint density at radius 2 is 2.11 bits per heavy atom. The predicted molar refractivity (Wildman–Crippen MR) is 74.0 cm³/mol. The molecule has 1 aromatic carbocycles. The molecule has 0 aliphatic rings. The zero-order valence-corrected chi connectivity index (χ0v) is 11.3. The number of aliphatic hydroxyl groups excluding tert-OH is 1. The third-order valence-corrected chi connectivity index (χ3v) is 3.32. The monoisotopic (exact) mass is 265 g/mol. The molecule has 1 aromatic rings. The summed E-state index contributed by atoms with van der Waals surface area (Å²) >= 11 is 0. The summed E-state index contributed by atoms with van der Waals surface area (Å²) in [5, 5.41) is 12.2. The van der Waals surface area contributed by atoms with Crippen LogP contribution in [0, 0.1) is 5.82 Å². The van der Waals surface area contributed by atoms with Crippen molar-refractivity contribution in [1.29, 1.82) is 0 Å². The van der Waals surface area contributed by atoms with Gasteiger partial charge in [-0.05, 0) is 36.6 Å². The van der Waals surface area contributed by atoms with E-state index in [1.807, 2.05) is 13.8 Å². The molecule has 0 spiro atoms. The van der Waals surface area contributed by atoms with E-state index in [0.717, 1.165) is 0 Å². The molecule has 0 saturated heterocycles. The first kappa shape index (κ1) is 15.4. The van der Waals surface area contributed by atoms with Crippen molar-refractivity contribution in [3.63, 3.8) is 0 Å². The lowest BCUT2D eigenvalue weighted by Gasteiger charge is -2.30. The van der Waals surface area contributed by atoms with Crippen LogP contribution in [0.25, 0.3) is 6.08 Å². The molecule has 0 saturated carbocycles. The molecule has 0 radical (unpaired) electrons. The minimum atomic E-state index is -0.580. The average molecular weight is 265 g/mol. The number of carbonyl (C=O) groups excluding carboxylic acids is 1. The molecule has 4 heteroatoms. The molecular formula is C15H20FNO2. The first-order valence-corrected chi connectivity index (χ1v) is 6.42. The molecule has 1 rings (SSSR count). The van der Waals surface area contributed by atoms with Gasteiger partial charge in [0.15, 0.2) is 0 Å². The zero-order valence-electron chi connectivity index (χ0n) is 11.3. The molecule has 0 fully saturated rings. The van der Waals surface area contributed by atoms with E-state index in [1.54, 1.807) is 18.2 Å². The second kappa shape index (κ2) is 7.04. The smallest absolute Gasteiger partial charge is 0.244 e. The van der Waals surface area contributed by atoms with Crippen molar-refractivity contribution in [2.24, 2.45) is 0 Å². The third-order valence-electron chi connectivity index (χ3n) is 3.32. The number of halogens is 1. The van der Waals surface area contributed by atoms with Crippen molar-refractivity contribution in [1.82, 2.24) is 5.32 Å². The van der Waals surface area contributed by atoms with E-state index < -0.39 is 5.54 Å². The van der Waals surface area contributed by atoms with Crippen molar-refractivity contribution >= 4 is 12.0 Å². The topological polar surface area (TPSA) is 49.3 Å². The van der Waals surface area contributed by atoms with Crippen LogP contribution in [0.3, 0.4) is 0 Å². The second-order valence-electron chi connectivity index (χ2n) is 4.52. The average Bonchev–Trinajstić information content (AvgIpc) is 2.43. The number of benzene rings is 1. The van der Waals surface area contributed by atoms with Crippen molar-refractivity contribution in [2.75, 3.05) is 6.61 Å². The molecule has 1 amide bonds. The van der Waals surface area contributed by atoms with Crippen LogP contribution in [0.5, 0.6) is 0 Å². The molecular weight excluding hydrogens is 245 g/mol. The Labute approximate surface area is 113 Å². The molecule has 2 N–H and O–H groups in total. The van der Waals surface area contributed by atoms with E-state index in [4.69, 9.17) is 0 Å². The van der Waals surface area contributed by atoms with E-state index in [-0.39, 0.29) is 18.3 Å². The summed E-state index contributed by atoms with van der Waals surface area (Å²) in [6, 6.07) is 6.00. The fourth-order valence-electron chi connectivity index (χ4n) is 1.78. The minimum Gasteiger partial charge on any atom is -0.394 e. The van der Waals surface area contributed by atoms with Crippen LogP contribution in [0.4, 0.5) is 4.39 Å². The molecule has 0 aliphatic carbocycles. The van der Waals surface area contributed by atoms with Gasteiger partial charge in [-0.15, -0.1) is 0 Å². The lowest BCUT2D eigenvalue weighted by molar-refractivity contribution is -0.119. The fourth-order valence-corrected chi connectivity index (χ4v) is 1.78. The van der Waals surface area contributed by atoms with Gasteiger partial charge in [0, 0.05) is 6.08 Å². The Balaban J connectivity index is 2.69. The van der Waals surface area contributed by atoms with E-state index >= 15 is 0 Å². The lowest BCUT2D eigenvalue weighted by atomic mass is 9.94. The highest BCUT2D eigenvalue weighted by molar-refractivity contribution is 5.92. The summed E-state index contributed by atoms with van der Waals surface area (Å²) in [5.74, 6) is -0.628. The highest BCUT2D eigenvalue weighted by Gasteiger charge is 2.26. The number of carbonyl (C=O) groups is 1. The molecule has 0 atom stereocenters. The Morgan fingerprint density at radius 1 is 1.42 bits per heavy atom. The quantitative estimate of drug-likeness (QED) is 0.776. The van der Waals surface area contributed by atoms with Crippen LogP contribution in [0.2, 0.25) is 0 Å². The third kappa shape index (κ3) is 4.48. The second-order valence-corrected chi connectivity index (χ2v) is 4.52. The van der Waals surface area contributed by atoms with Gasteiger partial charge in [-0.1, -0.05) is 26.0 Å². The van der Waals surface area contributed by atoms with E-state index in [2.05, 4.69) is 5.32 Å². The van der Waals surface area contributed by atoms with E-state index in [1.165, 1.54) is 18.2 Å². The fraction of sp³-hybridized carbons (Fsp3) is 0.400.